The predicted octanol–water partition coefficient (Wildman–Crippen LogP) is 6.20. The van der Waals surface area contributed by atoms with Gasteiger partial charge in [0.1, 0.15) is 0 Å². The molecule has 3 heteroatoms. The van der Waals surface area contributed by atoms with Crippen LogP contribution in [-0.4, -0.2) is 29.7 Å². The average Bonchev–Trinajstić information content (AvgIpc) is 2.27. The first-order valence-corrected chi connectivity index (χ1v) is 12.9. The summed E-state index contributed by atoms with van der Waals surface area (Å²) in [6.07, 6.45) is 1.15. The predicted molar refractivity (Wildman–Crippen MR) is 103 cm³/mol. The zero-order valence-corrected chi connectivity index (χ0v) is 17.1. The topological polar surface area (TPSA) is 9.23 Å². The second-order valence-corrected chi connectivity index (χ2v) is 22.1. The zero-order chi connectivity index (χ0) is 15.7. The molecular formula is C17H30IOP. The van der Waals surface area contributed by atoms with E-state index in [-0.39, 0.29) is 0 Å². The molecule has 0 N–H and O–H groups in total. The molecule has 0 aliphatic carbocycles. The van der Waals surface area contributed by atoms with Crippen LogP contribution in [0.2, 0.25) is 0 Å². The number of hydrogen-bond acceptors (Lipinski definition) is 1. The Bertz CT molecular complexity index is 422. The molecule has 0 bridgehead atoms. The van der Waals surface area contributed by atoms with Gasteiger partial charge in [-0.05, 0) is 0 Å². The zero-order valence-electron chi connectivity index (χ0n) is 14.0. The van der Waals surface area contributed by atoms with Crippen LogP contribution in [0, 0.1) is 0 Å². The summed E-state index contributed by atoms with van der Waals surface area (Å²) in [6, 6.07) is 10.1. The van der Waals surface area contributed by atoms with Crippen LogP contribution in [-0.2, 0) is 0 Å². The summed E-state index contributed by atoms with van der Waals surface area (Å²) >= 11 is 2.82. The number of ether oxygens (including phenoxy) is 1. The van der Waals surface area contributed by atoms with Crippen molar-refractivity contribution < 1.29 is 4.74 Å². The first-order chi connectivity index (χ1) is 8.88. The van der Waals surface area contributed by atoms with Crippen molar-refractivity contribution in [2.45, 2.75) is 51.9 Å². The molecule has 0 saturated carbocycles. The van der Waals surface area contributed by atoms with E-state index >= 15 is 0 Å². The Morgan fingerprint density at radius 3 is 1.80 bits per heavy atom. The van der Waals surface area contributed by atoms with E-state index < -0.39 is 4.25 Å². The van der Waals surface area contributed by atoms with Crippen LogP contribution in [0.15, 0.2) is 30.3 Å². The SMILES string of the molecule is CC(C)(C)P(C)(I)(CCOc1ccccc1)C(C)(C)C. The average molecular weight is 408 g/mol. The van der Waals surface area contributed by atoms with Gasteiger partial charge in [0, 0.05) is 0 Å². The molecule has 0 aliphatic heterocycles. The van der Waals surface area contributed by atoms with Crippen LogP contribution in [0.1, 0.15) is 41.5 Å². The van der Waals surface area contributed by atoms with Gasteiger partial charge in [0.15, 0.2) is 0 Å². The third-order valence-corrected chi connectivity index (χ3v) is 23.4. The van der Waals surface area contributed by atoms with E-state index in [1.807, 2.05) is 30.3 Å². The molecule has 1 aromatic carbocycles. The van der Waals surface area contributed by atoms with Gasteiger partial charge >= 0.3 is 138 Å². The van der Waals surface area contributed by atoms with E-state index in [1.165, 1.54) is 0 Å². The fourth-order valence-corrected chi connectivity index (χ4v) is 7.04. The number of benzene rings is 1. The van der Waals surface area contributed by atoms with Crippen molar-refractivity contribution in [1.29, 1.82) is 0 Å². The van der Waals surface area contributed by atoms with Crippen LogP contribution in [0.25, 0.3) is 0 Å². The van der Waals surface area contributed by atoms with Crippen molar-refractivity contribution in [3.05, 3.63) is 30.3 Å². The van der Waals surface area contributed by atoms with Gasteiger partial charge in [0.05, 0.1) is 0 Å². The second-order valence-electron chi connectivity index (χ2n) is 7.88. The Morgan fingerprint density at radius 1 is 0.950 bits per heavy atom. The fourth-order valence-electron chi connectivity index (χ4n) is 2.57. The summed E-state index contributed by atoms with van der Waals surface area (Å²) in [7, 11) is 0. The van der Waals surface area contributed by atoms with Crippen molar-refractivity contribution in [2.24, 2.45) is 0 Å². The number of hydrogen-bond donors (Lipinski definition) is 0. The molecule has 0 radical (unpaired) electrons. The molecular weight excluding hydrogens is 378 g/mol. The molecule has 0 atom stereocenters. The van der Waals surface area contributed by atoms with Crippen molar-refractivity contribution in [3.8, 4) is 5.75 Å². The number of rotatable bonds is 4. The fraction of sp³-hybridized carbons (Fsp3) is 0.647. The number of halogens is 1. The molecule has 0 unspecified atom stereocenters. The van der Waals surface area contributed by atoms with E-state index in [4.69, 9.17) is 4.74 Å². The standard InChI is InChI=1S/C17H30IOP/c1-16(2,3)20(7,18,17(4,5)6)14-13-19-15-11-9-8-10-12-15/h8-12H,13-14H2,1-7H3. The minimum atomic E-state index is -1.95. The molecule has 0 fully saturated rings. The van der Waals surface area contributed by atoms with Gasteiger partial charge in [-0.3, -0.25) is 0 Å². The molecule has 0 spiro atoms. The Balaban J connectivity index is 2.89. The Kier molecular flexibility index (Phi) is 5.25. The van der Waals surface area contributed by atoms with Crippen LogP contribution in [0.3, 0.4) is 0 Å². The monoisotopic (exact) mass is 408 g/mol. The van der Waals surface area contributed by atoms with Crippen molar-refractivity contribution in [1.82, 2.24) is 0 Å². The molecule has 1 nitrogen and oxygen atoms in total. The number of para-hydroxylation sites is 1. The van der Waals surface area contributed by atoms with Gasteiger partial charge in [0.25, 0.3) is 0 Å². The summed E-state index contributed by atoms with van der Waals surface area (Å²) in [5.41, 5.74) is 0. The summed E-state index contributed by atoms with van der Waals surface area (Å²) in [5.74, 6) is 0.977. The van der Waals surface area contributed by atoms with Crippen LogP contribution in [0.5, 0.6) is 5.75 Å². The molecule has 0 aliphatic rings. The first kappa shape index (κ1) is 18.2. The molecule has 116 valence electrons. The van der Waals surface area contributed by atoms with Crippen molar-refractivity contribution in [3.63, 3.8) is 0 Å². The maximum atomic E-state index is 5.99. The first-order valence-electron chi connectivity index (χ1n) is 7.28. The van der Waals surface area contributed by atoms with Gasteiger partial charge in [-0.25, -0.2) is 0 Å². The van der Waals surface area contributed by atoms with E-state index in [1.54, 1.807) is 0 Å². The normalized spacial score (nSPS) is 15.5. The van der Waals surface area contributed by atoms with Crippen molar-refractivity contribution in [2.75, 3.05) is 19.4 Å². The van der Waals surface area contributed by atoms with E-state index in [9.17, 15) is 0 Å². The minimum absolute atomic E-state index is 0.310. The quantitative estimate of drug-likeness (QED) is 0.426. The van der Waals surface area contributed by atoms with E-state index in [0.717, 1.165) is 18.5 Å². The van der Waals surface area contributed by atoms with E-state index in [2.05, 4.69) is 70.2 Å². The molecule has 0 aromatic heterocycles. The van der Waals surface area contributed by atoms with Crippen LogP contribution >= 0.6 is 26.3 Å². The van der Waals surface area contributed by atoms with Gasteiger partial charge in [-0.1, -0.05) is 0 Å². The Hall–Kier alpha value is 0.180. The summed E-state index contributed by atoms with van der Waals surface area (Å²) in [6.45, 7) is 17.7. The van der Waals surface area contributed by atoms with Crippen molar-refractivity contribution >= 4 is 26.3 Å². The summed E-state index contributed by atoms with van der Waals surface area (Å²) < 4.78 is 4.04. The van der Waals surface area contributed by atoms with Gasteiger partial charge in [-0.2, -0.15) is 0 Å². The molecule has 0 saturated heterocycles. The van der Waals surface area contributed by atoms with Gasteiger partial charge in [-0.15, -0.1) is 0 Å². The second kappa shape index (κ2) is 5.76. The van der Waals surface area contributed by atoms with Crippen LogP contribution < -0.4 is 4.74 Å². The van der Waals surface area contributed by atoms with Crippen LogP contribution in [0.4, 0.5) is 0 Å². The third-order valence-electron chi connectivity index (χ3n) is 5.10. The molecule has 1 rings (SSSR count). The van der Waals surface area contributed by atoms with Gasteiger partial charge < -0.3 is 0 Å². The molecule has 20 heavy (non-hydrogen) atoms. The van der Waals surface area contributed by atoms with Gasteiger partial charge in [0.2, 0.25) is 0 Å². The Labute approximate surface area is 138 Å². The summed E-state index contributed by atoms with van der Waals surface area (Å²) in [5, 5.41) is 0.620. The molecule has 0 heterocycles. The van der Waals surface area contributed by atoms with E-state index in [0.29, 0.717) is 10.3 Å². The third kappa shape index (κ3) is 3.32. The maximum absolute atomic E-state index is 5.99. The Morgan fingerprint density at radius 2 is 1.40 bits per heavy atom. The molecule has 0 amide bonds. The molecule has 1 aromatic rings. The summed E-state index contributed by atoms with van der Waals surface area (Å²) in [4.78, 5) is 0.